The summed E-state index contributed by atoms with van der Waals surface area (Å²) in [7, 11) is -3.64. The number of benzene rings is 2. The molecule has 2 aromatic rings. The molecule has 6 rings (SSSR count). The van der Waals surface area contributed by atoms with Crippen molar-refractivity contribution >= 4 is 33.3 Å². The second-order valence-corrected chi connectivity index (χ2v) is 15.3. The van der Waals surface area contributed by atoms with E-state index >= 15 is 0 Å². The first-order chi connectivity index (χ1) is 20.5. The molecule has 3 N–H and O–H groups in total. The summed E-state index contributed by atoms with van der Waals surface area (Å²) in [5.41, 5.74) is 3.37. The molecule has 6 atom stereocenters. The number of carboxylic acids is 1. The zero-order valence-electron chi connectivity index (χ0n) is 24.5. The van der Waals surface area contributed by atoms with E-state index in [2.05, 4.69) is 17.0 Å². The minimum atomic E-state index is -3.64. The summed E-state index contributed by atoms with van der Waals surface area (Å²) in [5.74, 6) is 0.451. The molecule has 9 nitrogen and oxygen atoms in total. The van der Waals surface area contributed by atoms with Crippen LogP contribution in [0.1, 0.15) is 66.9 Å². The largest absolute Gasteiger partial charge is 0.490 e. The fraction of sp³-hybridized carbons (Fsp3) is 0.594. The minimum Gasteiger partial charge on any atom is -0.490 e. The second-order valence-electron chi connectivity index (χ2n) is 12.9. The van der Waals surface area contributed by atoms with Crippen molar-refractivity contribution in [2.24, 2.45) is 17.0 Å². The van der Waals surface area contributed by atoms with E-state index in [1.165, 1.54) is 11.1 Å². The summed E-state index contributed by atoms with van der Waals surface area (Å²) in [6.45, 7) is 4.24. The van der Waals surface area contributed by atoms with E-state index in [0.29, 0.717) is 30.8 Å². The van der Waals surface area contributed by atoms with Crippen LogP contribution >= 0.6 is 11.6 Å². The number of nitrogens with zero attached hydrogens (tertiary/aromatic N) is 1. The normalized spacial score (nSPS) is 29.5. The summed E-state index contributed by atoms with van der Waals surface area (Å²) in [6, 6.07) is 11.4. The number of primary sulfonamides is 1. The number of carboxylic acid groups (broad SMARTS) is 1. The van der Waals surface area contributed by atoms with Gasteiger partial charge in [0.1, 0.15) is 5.75 Å². The molecule has 0 aromatic heterocycles. The average molecular weight is 633 g/mol. The Morgan fingerprint density at radius 3 is 2.81 bits per heavy atom. The maximum atomic E-state index is 12.0. The smallest absolute Gasteiger partial charge is 0.335 e. The van der Waals surface area contributed by atoms with Crippen molar-refractivity contribution in [3.8, 4) is 5.75 Å². The standard InChI is InChI=1S/C32H41ClN2O7S/c1-20(43(34,38)39)17-41-25-10-12-40-30(15-25)26-7-4-23(26)16-35-18-32(11-2-3-21-13-24(33)6-8-27(21)32)19-42-29-9-5-22(31(36)37)14-28(29)35/h5-6,8-9,13-14,20,23,25-26,30H,2-4,7,10-12,15-19H2,1H3,(H,36,37)(H2,34,38,39)/t20?,23-,25-,26+,30-,32?/m0/s1. The Morgan fingerprint density at radius 1 is 1.23 bits per heavy atom. The molecule has 234 valence electrons. The quantitative estimate of drug-likeness (QED) is 0.426. The van der Waals surface area contributed by atoms with Crippen molar-refractivity contribution in [3.63, 3.8) is 0 Å². The molecule has 2 fully saturated rings. The molecule has 2 aliphatic carbocycles. The lowest BCUT2D eigenvalue weighted by Gasteiger charge is -2.47. The van der Waals surface area contributed by atoms with E-state index in [0.717, 1.165) is 68.7 Å². The number of nitrogens with two attached hydrogens (primary N) is 1. The number of hydrogen-bond acceptors (Lipinski definition) is 7. The van der Waals surface area contributed by atoms with E-state index in [-0.39, 0.29) is 29.8 Å². The summed E-state index contributed by atoms with van der Waals surface area (Å²) in [4.78, 5) is 14.3. The van der Waals surface area contributed by atoms with Gasteiger partial charge in [-0.05, 0) is 98.7 Å². The van der Waals surface area contributed by atoms with Crippen LogP contribution in [0.25, 0.3) is 0 Å². The third kappa shape index (κ3) is 6.40. The van der Waals surface area contributed by atoms with Gasteiger partial charge in [-0.25, -0.2) is 18.4 Å². The SMILES string of the molecule is CC(CO[C@H]1CCO[C@H]([C@@H]2CC[C@H]2CN2CC3(CCCc4cc(Cl)ccc43)COc3ccc(C(=O)O)cc32)C1)S(N)(=O)=O. The van der Waals surface area contributed by atoms with Crippen LogP contribution in [0.2, 0.25) is 5.02 Å². The van der Waals surface area contributed by atoms with Crippen LogP contribution in [-0.2, 0) is 31.3 Å². The van der Waals surface area contributed by atoms with Gasteiger partial charge in [-0.15, -0.1) is 0 Å². The van der Waals surface area contributed by atoms with E-state index in [1.54, 1.807) is 25.1 Å². The monoisotopic (exact) mass is 632 g/mol. The van der Waals surface area contributed by atoms with Crippen molar-refractivity contribution in [1.29, 1.82) is 0 Å². The zero-order valence-corrected chi connectivity index (χ0v) is 26.1. The molecule has 1 saturated carbocycles. The Balaban J connectivity index is 1.23. The van der Waals surface area contributed by atoms with E-state index in [1.807, 2.05) is 6.07 Å². The first kappa shape index (κ1) is 30.6. The van der Waals surface area contributed by atoms with Gasteiger partial charge in [-0.2, -0.15) is 0 Å². The predicted octanol–water partition coefficient (Wildman–Crippen LogP) is 4.78. The summed E-state index contributed by atoms with van der Waals surface area (Å²) in [6.07, 6.45) is 6.52. The number of sulfonamides is 1. The molecule has 2 aliphatic heterocycles. The minimum absolute atomic E-state index is 0.0295. The molecule has 4 aliphatic rings. The van der Waals surface area contributed by atoms with Gasteiger partial charge < -0.3 is 24.2 Å². The number of aryl methyl sites for hydroxylation is 1. The van der Waals surface area contributed by atoms with Crippen LogP contribution in [0.15, 0.2) is 36.4 Å². The predicted molar refractivity (Wildman–Crippen MR) is 165 cm³/mol. The average Bonchev–Trinajstić information content (AvgIpc) is 3.10. The van der Waals surface area contributed by atoms with Crippen LogP contribution in [0.3, 0.4) is 0 Å². The third-order valence-electron chi connectivity index (χ3n) is 10.1. The summed E-state index contributed by atoms with van der Waals surface area (Å²) < 4.78 is 42.0. The van der Waals surface area contributed by atoms with Crippen molar-refractivity contribution in [1.82, 2.24) is 0 Å². The Kier molecular flexibility index (Phi) is 8.69. The van der Waals surface area contributed by atoms with Crippen molar-refractivity contribution in [2.45, 2.75) is 74.7 Å². The Bertz CT molecular complexity index is 1470. The third-order valence-corrected chi connectivity index (χ3v) is 11.6. The number of rotatable bonds is 8. The van der Waals surface area contributed by atoms with Crippen LogP contribution in [0, 0.1) is 11.8 Å². The van der Waals surface area contributed by atoms with Crippen LogP contribution in [0.4, 0.5) is 5.69 Å². The van der Waals surface area contributed by atoms with Gasteiger partial charge >= 0.3 is 5.97 Å². The molecule has 0 amide bonds. The first-order valence-corrected chi connectivity index (χ1v) is 17.3. The molecule has 1 spiro atoms. The fourth-order valence-electron chi connectivity index (χ4n) is 7.45. The maximum absolute atomic E-state index is 12.0. The molecule has 11 heteroatoms. The highest BCUT2D eigenvalue weighted by Crippen LogP contribution is 2.47. The Morgan fingerprint density at radius 2 is 2.07 bits per heavy atom. The van der Waals surface area contributed by atoms with Crippen LogP contribution in [-0.4, -0.2) is 69.9 Å². The molecule has 1 saturated heterocycles. The number of aromatic carboxylic acids is 1. The number of fused-ring (bicyclic) bond motifs is 3. The van der Waals surface area contributed by atoms with Crippen molar-refractivity contribution < 1.29 is 32.5 Å². The first-order valence-electron chi connectivity index (χ1n) is 15.3. The van der Waals surface area contributed by atoms with Crippen molar-refractivity contribution in [2.75, 3.05) is 37.8 Å². The Labute approximate surface area is 258 Å². The Hall–Kier alpha value is -2.37. The second kappa shape index (κ2) is 12.2. The molecular weight excluding hydrogens is 592 g/mol. The van der Waals surface area contributed by atoms with Gasteiger partial charge in [0.25, 0.3) is 0 Å². The van der Waals surface area contributed by atoms with Gasteiger partial charge in [0, 0.05) is 36.6 Å². The fourth-order valence-corrected chi connectivity index (χ4v) is 7.92. The highest BCUT2D eigenvalue weighted by molar-refractivity contribution is 7.89. The molecule has 43 heavy (non-hydrogen) atoms. The molecule has 2 unspecified atom stereocenters. The molecule has 0 bridgehead atoms. The molecule has 2 aromatic carbocycles. The molecule has 0 radical (unpaired) electrons. The summed E-state index contributed by atoms with van der Waals surface area (Å²) in [5, 5.41) is 15.1. The van der Waals surface area contributed by atoms with Crippen LogP contribution in [0.5, 0.6) is 5.75 Å². The van der Waals surface area contributed by atoms with Gasteiger partial charge in [0.2, 0.25) is 10.0 Å². The highest BCUT2D eigenvalue weighted by atomic mass is 35.5. The van der Waals surface area contributed by atoms with Gasteiger partial charge in [0.15, 0.2) is 0 Å². The lowest BCUT2D eigenvalue weighted by Crippen LogP contribution is -2.51. The maximum Gasteiger partial charge on any atom is 0.335 e. The van der Waals surface area contributed by atoms with Gasteiger partial charge in [0.05, 0.1) is 41.9 Å². The van der Waals surface area contributed by atoms with E-state index < -0.39 is 21.2 Å². The lowest BCUT2D eigenvalue weighted by molar-refractivity contribution is -0.116. The number of anilines is 1. The van der Waals surface area contributed by atoms with Gasteiger partial charge in [-0.3, -0.25) is 0 Å². The highest BCUT2D eigenvalue weighted by Gasteiger charge is 2.45. The molecular formula is C32H41ClN2O7S. The van der Waals surface area contributed by atoms with E-state index in [9.17, 15) is 18.3 Å². The lowest BCUT2D eigenvalue weighted by atomic mass is 9.67. The van der Waals surface area contributed by atoms with Crippen LogP contribution < -0.4 is 14.8 Å². The van der Waals surface area contributed by atoms with Crippen molar-refractivity contribution in [3.05, 3.63) is 58.1 Å². The zero-order chi connectivity index (χ0) is 30.4. The number of hydrogen-bond donors (Lipinski definition) is 2. The molecule has 2 heterocycles. The topological polar surface area (TPSA) is 128 Å². The van der Waals surface area contributed by atoms with E-state index in [4.69, 9.17) is 31.0 Å². The number of ether oxygens (including phenoxy) is 3. The summed E-state index contributed by atoms with van der Waals surface area (Å²) >= 11 is 6.38. The van der Waals surface area contributed by atoms with Gasteiger partial charge in [-0.1, -0.05) is 17.7 Å². The number of halogens is 1. The number of carbonyl (C=O) groups is 1.